The SMILES string of the molecule is CCCCCCC/C=C\C/C=C\C/C=C\CCCCCCCCCCCCCCC(=O)OC(COC(=O)CCCCCCCCCCCCCC)COC(OCC[N+](C)(C)C)C(=O)[O-]. The van der Waals surface area contributed by atoms with Gasteiger partial charge in [0.1, 0.15) is 13.2 Å². The van der Waals surface area contributed by atoms with Crippen LogP contribution in [-0.2, 0) is 33.3 Å². The lowest BCUT2D eigenvalue weighted by Gasteiger charge is -2.26. The number of likely N-dealkylation sites (N-methyl/N-ethyl adjacent to an activating group) is 1. The summed E-state index contributed by atoms with van der Waals surface area (Å²) < 4.78 is 22.6. The molecule has 0 aromatic heterocycles. The predicted molar refractivity (Wildman–Crippen MR) is 265 cm³/mol. The zero-order valence-corrected chi connectivity index (χ0v) is 42.4. The molecule has 2 unspecified atom stereocenters. The van der Waals surface area contributed by atoms with Crippen molar-refractivity contribution in [2.45, 2.75) is 251 Å². The van der Waals surface area contributed by atoms with Crippen molar-refractivity contribution in [1.82, 2.24) is 0 Å². The van der Waals surface area contributed by atoms with Crippen molar-refractivity contribution in [3.8, 4) is 0 Å². The standard InChI is InChI=1S/C55H101NO8/c1-6-8-10-12-14-16-18-20-21-22-23-24-25-26-27-28-29-30-31-32-33-34-36-38-40-42-44-46-53(58)64-51(50-63-55(54(59)60)61-48-47-56(3,4)5)49-62-52(57)45-43-41-39-37-35-19-17-15-13-11-9-7-2/h18,20,22-23,25-26,51,55H,6-17,19,21,24,27-50H2,1-5H3/b20-18-,23-22-,26-25-. The molecule has 0 heterocycles. The van der Waals surface area contributed by atoms with E-state index in [1.165, 1.54) is 154 Å². The van der Waals surface area contributed by atoms with E-state index in [0.29, 0.717) is 23.9 Å². The van der Waals surface area contributed by atoms with Crippen molar-refractivity contribution in [2.24, 2.45) is 0 Å². The number of carbonyl (C=O) groups is 3. The number of nitrogens with zero attached hydrogens (tertiary/aromatic N) is 1. The van der Waals surface area contributed by atoms with Crippen LogP contribution in [0.1, 0.15) is 239 Å². The normalized spacial score (nSPS) is 13.1. The molecule has 0 bridgehead atoms. The fourth-order valence-corrected chi connectivity index (χ4v) is 7.48. The van der Waals surface area contributed by atoms with Crippen LogP contribution >= 0.6 is 0 Å². The Balaban J connectivity index is 4.21. The fraction of sp³-hybridized carbons (Fsp3) is 0.836. The van der Waals surface area contributed by atoms with Crippen LogP contribution in [-0.4, -0.2) is 82.3 Å². The van der Waals surface area contributed by atoms with Gasteiger partial charge in [0.25, 0.3) is 0 Å². The van der Waals surface area contributed by atoms with Crippen molar-refractivity contribution < 1.29 is 42.9 Å². The van der Waals surface area contributed by atoms with E-state index in [2.05, 4.69) is 50.3 Å². The van der Waals surface area contributed by atoms with Gasteiger partial charge in [-0.05, 0) is 51.4 Å². The predicted octanol–water partition coefficient (Wildman–Crippen LogP) is 13.6. The quantitative estimate of drug-likeness (QED) is 0.0195. The van der Waals surface area contributed by atoms with Crippen molar-refractivity contribution in [2.75, 3.05) is 47.5 Å². The van der Waals surface area contributed by atoms with E-state index in [1.807, 2.05) is 21.1 Å². The molecule has 0 saturated carbocycles. The summed E-state index contributed by atoms with van der Waals surface area (Å²) in [5.74, 6) is -2.28. The number of unbranched alkanes of at least 4 members (excludes halogenated alkanes) is 28. The molecule has 9 heteroatoms. The zero-order valence-electron chi connectivity index (χ0n) is 42.4. The van der Waals surface area contributed by atoms with Crippen LogP contribution in [0, 0.1) is 0 Å². The molecule has 0 radical (unpaired) electrons. The first kappa shape index (κ1) is 61.5. The first-order chi connectivity index (χ1) is 31.1. The van der Waals surface area contributed by atoms with Crippen molar-refractivity contribution in [3.05, 3.63) is 36.5 Å². The lowest BCUT2D eigenvalue weighted by atomic mass is 10.0. The molecular formula is C55H101NO8. The lowest BCUT2D eigenvalue weighted by Crippen LogP contribution is -2.44. The van der Waals surface area contributed by atoms with Crippen molar-refractivity contribution >= 4 is 17.9 Å². The molecular weight excluding hydrogens is 803 g/mol. The number of carboxylic acid groups (broad SMARTS) is 1. The van der Waals surface area contributed by atoms with Gasteiger partial charge in [-0.1, -0.05) is 211 Å². The molecule has 0 aliphatic rings. The maximum absolute atomic E-state index is 12.8. The summed E-state index contributed by atoms with van der Waals surface area (Å²) in [4.78, 5) is 37.1. The van der Waals surface area contributed by atoms with Gasteiger partial charge >= 0.3 is 11.9 Å². The molecule has 0 aromatic carbocycles. The molecule has 9 nitrogen and oxygen atoms in total. The van der Waals surface area contributed by atoms with Gasteiger partial charge in [-0.3, -0.25) is 9.59 Å². The molecule has 0 spiro atoms. The van der Waals surface area contributed by atoms with Crippen LogP contribution in [0.15, 0.2) is 36.5 Å². The van der Waals surface area contributed by atoms with Crippen molar-refractivity contribution in [3.63, 3.8) is 0 Å². The molecule has 0 saturated heterocycles. The smallest absolute Gasteiger partial charge is 0.306 e. The Morgan fingerprint density at radius 2 is 0.844 bits per heavy atom. The molecule has 64 heavy (non-hydrogen) atoms. The molecule has 0 fully saturated rings. The Labute approximate surface area is 394 Å². The van der Waals surface area contributed by atoms with E-state index in [1.54, 1.807) is 0 Å². The van der Waals surface area contributed by atoms with Crippen LogP contribution < -0.4 is 5.11 Å². The summed E-state index contributed by atoms with van der Waals surface area (Å²) in [5.41, 5.74) is 0. The Hall–Kier alpha value is -2.49. The van der Waals surface area contributed by atoms with E-state index in [4.69, 9.17) is 18.9 Å². The van der Waals surface area contributed by atoms with E-state index in [-0.39, 0.29) is 32.2 Å². The highest BCUT2D eigenvalue weighted by Crippen LogP contribution is 2.16. The maximum atomic E-state index is 12.8. The Kier molecular flexibility index (Phi) is 45.2. The highest BCUT2D eigenvalue weighted by molar-refractivity contribution is 5.70. The molecule has 374 valence electrons. The molecule has 0 aliphatic carbocycles. The number of carbonyl (C=O) groups excluding carboxylic acids is 3. The van der Waals surface area contributed by atoms with Gasteiger partial charge < -0.3 is 33.3 Å². The number of rotatable bonds is 49. The topological polar surface area (TPSA) is 111 Å². The Morgan fingerprint density at radius 1 is 0.469 bits per heavy atom. The van der Waals surface area contributed by atoms with Crippen LogP contribution in [0.5, 0.6) is 0 Å². The zero-order chi connectivity index (χ0) is 47.0. The van der Waals surface area contributed by atoms with Gasteiger partial charge in [-0.15, -0.1) is 0 Å². The number of hydrogen-bond acceptors (Lipinski definition) is 8. The van der Waals surface area contributed by atoms with Crippen molar-refractivity contribution in [1.29, 1.82) is 0 Å². The first-order valence-corrected chi connectivity index (χ1v) is 26.6. The second-order valence-corrected chi connectivity index (χ2v) is 19.2. The minimum absolute atomic E-state index is 0.149. The Morgan fingerprint density at radius 3 is 1.25 bits per heavy atom. The highest BCUT2D eigenvalue weighted by Gasteiger charge is 2.22. The molecule has 0 aliphatic heterocycles. The average Bonchev–Trinajstić information content (AvgIpc) is 3.26. The Bertz CT molecular complexity index is 1150. The number of hydrogen-bond donors (Lipinski definition) is 0. The second-order valence-electron chi connectivity index (χ2n) is 19.2. The van der Waals surface area contributed by atoms with Gasteiger partial charge in [-0.2, -0.15) is 0 Å². The number of allylic oxidation sites excluding steroid dienone is 6. The number of esters is 2. The van der Waals surface area contributed by atoms with Gasteiger partial charge in [0.05, 0.1) is 40.3 Å². The molecule has 0 amide bonds. The monoisotopic (exact) mass is 904 g/mol. The summed E-state index contributed by atoms with van der Waals surface area (Å²) in [6, 6.07) is 0. The number of aliphatic carboxylic acids is 1. The molecule has 0 rings (SSSR count). The molecule has 0 N–H and O–H groups in total. The summed E-state index contributed by atoms with van der Waals surface area (Å²) in [5, 5.41) is 11.7. The van der Waals surface area contributed by atoms with E-state index >= 15 is 0 Å². The number of ether oxygens (including phenoxy) is 4. The second kappa shape index (κ2) is 47.0. The third-order valence-corrected chi connectivity index (χ3v) is 11.6. The lowest BCUT2D eigenvalue weighted by molar-refractivity contribution is -0.870. The van der Waals surface area contributed by atoms with Gasteiger partial charge in [0.2, 0.25) is 0 Å². The van der Waals surface area contributed by atoms with Crippen LogP contribution in [0.2, 0.25) is 0 Å². The van der Waals surface area contributed by atoms with Crippen LogP contribution in [0.25, 0.3) is 0 Å². The van der Waals surface area contributed by atoms with Crippen LogP contribution in [0.3, 0.4) is 0 Å². The number of quaternary nitrogens is 1. The maximum Gasteiger partial charge on any atom is 0.306 e. The van der Waals surface area contributed by atoms with Gasteiger partial charge in [-0.25, -0.2) is 0 Å². The number of carboxylic acids is 1. The molecule has 2 atom stereocenters. The largest absolute Gasteiger partial charge is 0.545 e. The third-order valence-electron chi connectivity index (χ3n) is 11.6. The average molecular weight is 904 g/mol. The van der Waals surface area contributed by atoms with E-state index in [9.17, 15) is 19.5 Å². The summed E-state index contributed by atoms with van der Waals surface area (Å²) in [6.45, 7) is 4.74. The first-order valence-electron chi connectivity index (χ1n) is 26.6. The summed E-state index contributed by atoms with van der Waals surface area (Å²) >= 11 is 0. The summed E-state index contributed by atoms with van der Waals surface area (Å²) in [7, 11) is 5.92. The third kappa shape index (κ3) is 47.5. The van der Waals surface area contributed by atoms with Gasteiger partial charge in [0.15, 0.2) is 12.4 Å². The van der Waals surface area contributed by atoms with E-state index in [0.717, 1.165) is 51.4 Å². The summed E-state index contributed by atoms with van der Waals surface area (Å²) in [6.07, 6.45) is 51.8. The minimum atomic E-state index is -1.62. The highest BCUT2D eigenvalue weighted by atomic mass is 16.7. The fourth-order valence-electron chi connectivity index (χ4n) is 7.48. The van der Waals surface area contributed by atoms with Gasteiger partial charge in [0, 0.05) is 12.8 Å². The van der Waals surface area contributed by atoms with Crippen LogP contribution in [0.4, 0.5) is 0 Å². The molecule has 0 aromatic rings. The minimum Gasteiger partial charge on any atom is -0.545 e. The van der Waals surface area contributed by atoms with E-state index < -0.39 is 24.3 Å².